The zero-order valence-corrected chi connectivity index (χ0v) is 16.6. The molecule has 0 saturated carbocycles. The summed E-state index contributed by atoms with van der Waals surface area (Å²) in [5.74, 6) is 1.23. The van der Waals surface area contributed by atoms with Crippen LogP contribution in [0.25, 0.3) is 17.1 Å². The quantitative estimate of drug-likeness (QED) is 0.492. The fourth-order valence-corrected chi connectivity index (χ4v) is 3.80. The van der Waals surface area contributed by atoms with Crippen molar-refractivity contribution in [3.63, 3.8) is 0 Å². The average Bonchev–Trinajstić information content (AvgIpc) is 3.03. The maximum atomic E-state index is 8.97. The number of aromatic nitrogens is 3. The van der Waals surface area contributed by atoms with E-state index < -0.39 is 0 Å². The second kappa shape index (κ2) is 8.13. The molecule has 0 bridgehead atoms. The van der Waals surface area contributed by atoms with Crippen LogP contribution in [0.3, 0.4) is 0 Å². The molecule has 4 nitrogen and oxygen atoms in total. The number of thioether (sulfide) groups is 1. The molecular weight excluding hydrogens is 387 g/mol. The van der Waals surface area contributed by atoms with Crippen LogP contribution in [0.2, 0.25) is 10.0 Å². The standard InChI is InChI=1S/C19H16Cl2N4S/c1-12(2)14-5-3-4-6-17(14)25-18(23-24-19(25)26-10-9-22)15-8-7-13(20)11-16(15)21/h3-8,11-12H,10H2,1-2H3. The first kappa shape index (κ1) is 18.8. The number of para-hydroxylation sites is 1. The molecule has 1 heterocycles. The number of nitrogens with zero attached hydrogens (tertiary/aromatic N) is 4. The molecule has 7 heteroatoms. The van der Waals surface area contributed by atoms with Crippen molar-refractivity contribution in [3.05, 3.63) is 58.1 Å². The fourth-order valence-electron chi connectivity index (χ4n) is 2.70. The van der Waals surface area contributed by atoms with Crippen LogP contribution in [0.4, 0.5) is 0 Å². The summed E-state index contributed by atoms with van der Waals surface area (Å²) in [4.78, 5) is 0. The first-order chi connectivity index (χ1) is 12.5. The van der Waals surface area contributed by atoms with Gasteiger partial charge in [0.1, 0.15) is 0 Å². The Morgan fingerprint density at radius 2 is 1.92 bits per heavy atom. The molecule has 0 radical (unpaired) electrons. The fraction of sp³-hybridized carbons (Fsp3) is 0.211. The monoisotopic (exact) mass is 402 g/mol. The van der Waals surface area contributed by atoms with E-state index in [1.165, 1.54) is 11.8 Å². The van der Waals surface area contributed by atoms with Crippen molar-refractivity contribution in [2.24, 2.45) is 0 Å². The number of halogens is 2. The molecule has 0 atom stereocenters. The van der Waals surface area contributed by atoms with Crippen LogP contribution in [0, 0.1) is 11.3 Å². The minimum atomic E-state index is 0.288. The summed E-state index contributed by atoms with van der Waals surface area (Å²) in [6.45, 7) is 4.28. The van der Waals surface area contributed by atoms with Crippen molar-refractivity contribution in [2.45, 2.75) is 24.9 Å². The van der Waals surface area contributed by atoms with Gasteiger partial charge in [-0.3, -0.25) is 4.57 Å². The average molecular weight is 403 g/mol. The molecule has 1 aromatic heterocycles. The smallest absolute Gasteiger partial charge is 0.197 e. The summed E-state index contributed by atoms with van der Waals surface area (Å²) in [6.07, 6.45) is 0. The zero-order valence-electron chi connectivity index (χ0n) is 14.3. The van der Waals surface area contributed by atoms with Gasteiger partial charge in [0.25, 0.3) is 0 Å². The number of benzene rings is 2. The number of rotatable bonds is 5. The lowest BCUT2D eigenvalue weighted by molar-refractivity contribution is 0.819. The zero-order chi connectivity index (χ0) is 18.7. The first-order valence-electron chi connectivity index (χ1n) is 8.02. The minimum absolute atomic E-state index is 0.288. The van der Waals surface area contributed by atoms with E-state index in [1.807, 2.05) is 28.8 Å². The molecule has 3 aromatic rings. The van der Waals surface area contributed by atoms with Crippen LogP contribution in [0.5, 0.6) is 0 Å². The summed E-state index contributed by atoms with van der Waals surface area (Å²) in [7, 11) is 0. The van der Waals surface area contributed by atoms with Gasteiger partial charge in [0.05, 0.1) is 22.5 Å². The predicted molar refractivity (Wildman–Crippen MR) is 107 cm³/mol. The van der Waals surface area contributed by atoms with Gasteiger partial charge in [0, 0.05) is 10.6 Å². The molecule has 0 spiro atoms. The van der Waals surface area contributed by atoms with Crippen molar-refractivity contribution in [1.82, 2.24) is 14.8 Å². The van der Waals surface area contributed by atoms with Gasteiger partial charge < -0.3 is 0 Å². The van der Waals surface area contributed by atoms with Gasteiger partial charge in [-0.15, -0.1) is 10.2 Å². The Hall–Kier alpha value is -2.00. The van der Waals surface area contributed by atoms with E-state index in [0.717, 1.165) is 16.8 Å². The van der Waals surface area contributed by atoms with Crippen LogP contribution in [-0.2, 0) is 0 Å². The molecule has 0 aliphatic heterocycles. The second-order valence-corrected chi connectivity index (χ2v) is 7.71. The first-order valence-corrected chi connectivity index (χ1v) is 9.77. The predicted octanol–water partition coefficient (Wildman–Crippen LogP) is 5.98. The van der Waals surface area contributed by atoms with Crippen LogP contribution in [-0.4, -0.2) is 20.5 Å². The molecule has 0 saturated heterocycles. The van der Waals surface area contributed by atoms with E-state index >= 15 is 0 Å². The van der Waals surface area contributed by atoms with Gasteiger partial charge in [-0.05, 0) is 35.7 Å². The van der Waals surface area contributed by atoms with Gasteiger partial charge in [-0.1, -0.05) is 67.0 Å². The number of hydrogen-bond donors (Lipinski definition) is 0. The van der Waals surface area contributed by atoms with E-state index in [1.54, 1.807) is 12.1 Å². The summed E-state index contributed by atoms with van der Waals surface area (Å²) in [6, 6.07) is 15.6. The second-order valence-electron chi connectivity index (χ2n) is 5.93. The Morgan fingerprint density at radius 1 is 1.15 bits per heavy atom. The number of nitriles is 1. The van der Waals surface area contributed by atoms with Crippen LogP contribution < -0.4 is 0 Å². The maximum Gasteiger partial charge on any atom is 0.197 e. The lowest BCUT2D eigenvalue weighted by atomic mass is 10.0. The molecule has 132 valence electrons. The van der Waals surface area contributed by atoms with Crippen molar-refractivity contribution < 1.29 is 0 Å². The third-order valence-electron chi connectivity index (χ3n) is 3.87. The van der Waals surface area contributed by atoms with Gasteiger partial charge >= 0.3 is 0 Å². The third kappa shape index (κ3) is 3.73. The molecule has 0 aliphatic rings. The number of hydrogen-bond acceptors (Lipinski definition) is 4. The highest BCUT2D eigenvalue weighted by Gasteiger charge is 2.20. The third-order valence-corrected chi connectivity index (χ3v) is 5.21. The van der Waals surface area contributed by atoms with Crippen molar-refractivity contribution in [2.75, 3.05) is 5.75 Å². The normalized spacial score (nSPS) is 10.9. The van der Waals surface area contributed by atoms with E-state index in [4.69, 9.17) is 28.5 Å². The lowest BCUT2D eigenvalue weighted by Crippen LogP contribution is -2.05. The van der Waals surface area contributed by atoms with E-state index in [9.17, 15) is 0 Å². The minimum Gasteiger partial charge on any atom is -0.270 e. The Kier molecular flexibility index (Phi) is 5.87. The highest BCUT2D eigenvalue weighted by molar-refractivity contribution is 7.99. The summed E-state index contributed by atoms with van der Waals surface area (Å²) < 4.78 is 1.96. The molecule has 0 unspecified atom stereocenters. The molecule has 0 aliphatic carbocycles. The van der Waals surface area contributed by atoms with Crippen LogP contribution >= 0.6 is 35.0 Å². The maximum absolute atomic E-state index is 8.97. The van der Waals surface area contributed by atoms with Gasteiger partial charge in [0.15, 0.2) is 11.0 Å². The van der Waals surface area contributed by atoms with Crippen LogP contribution in [0.1, 0.15) is 25.3 Å². The molecular formula is C19H16Cl2N4S. The van der Waals surface area contributed by atoms with Crippen molar-refractivity contribution in [1.29, 1.82) is 5.26 Å². The molecule has 26 heavy (non-hydrogen) atoms. The van der Waals surface area contributed by atoms with E-state index in [-0.39, 0.29) is 5.75 Å². The Labute approximate surface area is 166 Å². The largest absolute Gasteiger partial charge is 0.270 e. The molecule has 0 N–H and O–H groups in total. The molecule has 0 amide bonds. The topological polar surface area (TPSA) is 54.5 Å². The van der Waals surface area contributed by atoms with Gasteiger partial charge in [-0.2, -0.15) is 5.26 Å². The Morgan fingerprint density at radius 3 is 2.62 bits per heavy atom. The Bertz CT molecular complexity index is 976. The highest BCUT2D eigenvalue weighted by atomic mass is 35.5. The summed E-state index contributed by atoms with van der Waals surface area (Å²) in [5, 5.41) is 19.4. The van der Waals surface area contributed by atoms with Gasteiger partial charge in [-0.25, -0.2) is 0 Å². The summed E-state index contributed by atoms with van der Waals surface area (Å²) in [5.41, 5.74) is 2.89. The van der Waals surface area contributed by atoms with E-state index in [2.05, 4.69) is 36.2 Å². The summed E-state index contributed by atoms with van der Waals surface area (Å²) >= 11 is 13.8. The molecule has 0 fully saturated rings. The SMILES string of the molecule is CC(C)c1ccccc1-n1c(SCC#N)nnc1-c1ccc(Cl)cc1Cl. The van der Waals surface area contributed by atoms with Crippen LogP contribution in [0.15, 0.2) is 47.6 Å². The van der Waals surface area contributed by atoms with Crippen molar-refractivity contribution >= 4 is 35.0 Å². The molecule has 2 aromatic carbocycles. The van der Waals surface area contributed by atoms with E-state index in [0.29, 0.717) is 26.9 Å². The Balaban J connectivity index is 2.25. The van der Waals surface area contributed by atoms with Crippen molar-refractivity contribution in [3.8, 4) is 23.1 Å². The highest BCUT2D eigenvalue weighted by Crippen LogP contribution is 2.35. The molecule has 3 rings (SSSR count). The van der Waals surface area contributed by atoms with Gasteiger partial charge in [0.2, 0.25) is 0 Å². The lowest BCUT2D eigenvalue weighted by Gasteiger charge is -2.17.